The van der Waals surface area contributed by atoms with E-state index in [-0.39, 0.29) is 5.91 Å². The van der Waals surface area contributed by atoms with E-state index in [2.05, 4.69) is 5.32 Å². The Balaban J connectivity index is 2.78. The lowest BCUT2D eigenvalue weighted by molar-refractivity contribution is -0.142. The Bertz CT molecular complexity index is 227. The SMILES string of the molecule is CC1(C)SCC(=O)N[C@H]1C(=O)O. The first kappa shape index (κ1) is 9.38. The van der Waals surface area contributed by atoms with Gasteiger partial charge in [-0.25, -0.2) is 4.79 Å². The lowest BCUT2D eigenvalue weighted by Gasteiger charge is -2.35. The van der Waals surface area contributed by atoms with E-state index in [9.17, 15) is 9.59 Å². The Morgan fingerprint density at radius 2 is 2.33 bits per heavy atom. The van der Waals surface area contributed by atoms with Gasteiger partial charge in [0.15, 0.2) is 0 Å². The molecule has 1 atom stereocenters. The van der Waals surface area contributed by atoms with E-state index in [0.29, 0.717) is 5.75 Å². The van der Waals surface area contributed by atoms with E-state index < -0.39 is 16.8 Å². The molecule has 0 aliphatic carbocycles. The number of carboxylic acids is 1. The summed E-state index contributed by atoms with van der Waals surface area (Å²) in [4.78, 5) is 21.6. The molecule has 0 aromatic carbocycles. The predicted molar refractivity (Wildman–Crippen MR) is 46.1 cm³/mol. The van der Waals surface area contributed by atoms with Gasteiger partial charge in [-0.3, -0.25) is 4.79 Å². The van der Waals surface area contributed by atoms with Crippen LogP contribution in [0.4, 0.5) is 0 Å². The van der Waals surface area contributed by atoms with Gasteiger partial charge in [-0.1, -0.05) is 0 Å². The van der Waals surface area contributed by atoms with Gasteiger partial charge in [-0.05, 0) is 13.8 Å². The molecule has 4 nitrogen and oxygen atoms in total. The zero-order chi connectivity index (χ0) is 9.35. The van der Waals surface area contributed by atoms with E-state index in [1.54, 1.807) is 0 Å². The van der Waals surface area contributed by atoms with Crippen LogP contribution in [0.5, 0.6) is 0 Å². The Hall–Kier alpha value is -0.710. The molecular formula is C7H11NO3S. The molecule has 1 aliphatic heterocycles. The molecule has 1 amide bonds. The highest BCUT2D eigenvalue weighted by Crippen LogP contribution is 2.31. The second kappa shape index (κ2) is 2.97. The van der Waals surface area contributed by atoms with E-state index in [4.69, 9.17) is 5.11 Å². The molecule has 1 saturated heterocycles. The minimum absolute atomic E-state index is 0.202. The smallest absolute Gasteiger partial charge is 0.327 e. The third kappa shape index (κ3) is 1.72. The topological polar surface area (TPSA) is 66.4 Å². The van der Waals surface area contributed by atoms with Crippen LogP contribution >= 0.6 is 11.8 Å². The van der Waals surface area contributed by atoms with Crippen molar-refractivity contribution in [2.24, 2.45) is 0 Å². The Morgan fingerprint density at radius 3 is 2.75 bits per heavy atom. The zero-order valence-electron chi connectivity index (χ0n) is 6.96. The van der Waals surface area contributed by atoms with Gasteiger partial charge in [0.1, 0.15) is 6.04 Å². The van der Waals surface area contributed by atoms with Gasteiger partial charge in [-0.2, -0.15) is 0 Å². The summed E-state index contributed by atoms with van der Waals surface area (Å²) in [6.45, 7) is 3.63. The third-order valence-corrected chi connectivity index (χ3v) is 3.21. The molecule has 1 rings (SSSR count). The molecule has 1 heterocycles. The minimum atomic E-state index is -0.972. The molecule has 0 aromatic heterocycles. The van der Waals surface area contributed by atoms with Crippen molar-refractivity contribution >= 4 is 23.6 Å². The van der Waals surface area contributed by atoms with Gasteiger partial charge in [0.25, 0.3) is 0 Å². The summed E-state index contributed by atoms with van der Waals surface area (Å²) >= 11 is 1.37. The second-order valence-electron chi connectivity index (χ2n) is 3.23. The fourth-order valence-electron chi connectivity index (χ4n) is 1.07. The van der Waals surface area contributed by atoms with E-state index in [1.807, 2.05) is 13.8 Å². The third-order valence-electron chi connectivity index (χ3n) is 1.82. The molecular weight excluding hydrogens is 178 g/mol. The lowest BCUT2D eigenvalue weighted by atomic mass is 10.0. The number of nitrogens with one attached hydrogen (secondary N) is 1. The van der Waals surface area contributed by atoms with Crippen molar-refractivity contribution in [1.29, 1.82) is 0 Å². The summed E-state index contributed by atoms with van der Waals surface area (Å²) in [5.41, 5.74) is 0. The summed E-state index contributed by atoms with van der Waals surface area (Å²) in [5, 5.41) is 11.2. The molecule has 68 valence electrons. The maximum absolute atomic E-state index is 10.9. The molecule has 1 fully saturated rings. The van der Waals surface area contributed by atoms with Crippen LogP contribution in [0.3, 0.4) is 0 Å². The van der Waals surface area contributed by atoms with Crippen LogP contribution in [0, 0.1) is 0 Å². The van der Waals surface area contributed by atoms with E-state index >= 15 is 0 Å². The van der Waals surface area contributed by atoms with Crippen molar-refractivity contribution in [3.05, 3.63) is 0 Å². The normalized spacial score (nSPS) is 27.8. The molecule has 2 N–H and O–H groups in total. The predicted octanol–water partition coefficient (Wildman–Crippen LogP) is 0.0812. The monoisotopic (exact) mass is 189 g/mol. The van der Waals surface area contributed by atoms with Crippen molar-refractivity contribution in [1.82, 2.24) is 5.32 Å². The van der Waals surface area contributed by atoms with Crippen LogP contribution in [0.2, 0.25) is 0 Å². The van der Waals surface area contributed by atoms with Gasteiger partial charge >= 0.3 is 5.97 Å². The summed E-state index contributed by atoms with van der Waals surface area (Å²) in [7, 11) is 0. The zero-order valence-corrected chi connectivity index (χ0v) is 7.77. The average Bonchev–Trinajstić information content (AvgIpc) is 1.94. The number of aliphatic carboxylic acids is 1. The maximum Gasteiger partial charge on any atom is 0.327 e. The van der Waals surface area contributed by atoms with Crippen LogP contribution in [0.25, 0.3) is 0 Å². The number of amides is 1. The maximum atomic E-state index is 10.9. The van der Waals surface area contributed by atoms with Crippen LogP contribution in [0.1, 0.15) is 13.8 Å². The summed E-state index contributed by atoms with van der Waals surface area (Å²) in [6.07, 6.45) is 0. The standard InChI is InChI=1S/C7H11NO3S/c1-7(2)5(6(10)11)8-4(9)3-12-7/h5H,3H2,1-2H3,(H,8,9)(H,10,11)/t5-/m0/s1. The number of carbonyl (C=O) groups is 2. The molecule has 0 radical (unpaired) electrons. The van der Waals surface area contributed by atoms with Crippen molar-refractivity contribution in [3.8, 4) is 0 Å². The van der Waals surface area contributed by atoms with Crippen LogP contribution in [-0.2, 0) is 9.59 Å². The molecule has 0 bridgehead atoms. The molecule has 12 heavy (non-hydrogen) atoms. The van der Waals surface area contributed by atoms with Crippen molar-refractivity contribution in [2.75, 3.05) is 5.75 Å². The highest BCUT2D eigenvalue weighted by Gasteiger charge is 2.40. The minimum Gasteiger partial charge on any atom is -0.480 e. The van der Waals surface area contributed by atoms with Crippen molar-refractivity contribution in [2.45, 2.75) is 24.6 Å². The highest BCUT2D eigenvalue weighted by molar-refractivity contribution is 8.01. The van der Waals surface area contributed by atoms with Crippen molar-refractivity contribution in [3.63, 3.8) is 0 Å². The molecule has 1 aliphatic rings. The Kier molecular flexibility index (Phi) is 2.32. The number of rotatable bonds is 1. The number of thioether (sulfide) groups is 1. The average molecular weight is 189 g/mol. The first-order chi connectivity index (χ1) is 5.43. The first-order valence-electron chi connectivity index (χ1n) is 3.59. The van der Waals surface area contributed by atoms with Crippen LogP contribution < -0.4 is 5.32 Å². The van der Waals surface area contributed by atoms with Crippen LogP contribution in [-0.4, -0.2) is 33.5 Å². The largest absolute Gasteiger partial charge is 0.480 e. The Labute approximate surface area is 74.7 Å². The molecule has 0 unspecified atom stereocenters. The summed E-state index contributed by atoms with van der Waals surface area (Å²) in [5.74, 6) is -0.830. The quantitative estimate of drug-likeness (QED) is 0.613. The van der Waals surface area contributed by atoms with Gasteiger partial charge in [-0.15, -0.1) is 11.8 Å². The van der Waals surface area contributed by atoms with E-state index in [0.717, 1.165) is 0 Å². The molecule has 0 aromatic rings. The second-order valence-corrected chi connectivity index (χ2v) is 4.86. The summed E-state index contributed by atoms with van der Waals surface area (Å²) < 4.78 is -0.417. The number of carbonyl (C=O) groups excluding carboxylic acids is 1. The van der Waals surface area contributed by atoms with Gasteiger partial charge in [0, 0.05) is 4.75 Å². The van der Waals surface area contributed by atoms with Crippen molar-refractivity contribution < 1.29 is 14.7 Å². The highest BCUT2D eigenvalue weighted by atomic mass is 32.2. The summed E-state index contributed by atoms with van der Waals surface area (Å²) in [6, 6.07) is -0.774. The van der Waals surface area contributed by atoms with Gasteiger partial charge in [0.2, 0.25) is 5.91 Å². The fourth-order valence-corrected chi connectivity index (χ4v) is 1.98. The van der Waals surface area contributed by atoms with Gasteiger partial charge < -0.3 is 10.4 Å². The number of hydrogen-bond acceptors (Lipinski definition) is 3. The fraction of sp³-hybridized carbons (Fsp3) is 0.714. The van der Waals surface area contributed by atoms with Crippen LogP contribution in [0.15, 0.2) is 0 Å². The number of carboxylic acid groups (broad SMARTS) is 1. The molecule has 5 heteroatoms. The lowest BCUT2D eigenvalue weighted by Crippen LogP contribution is -2.56. The van der Waals surface area contributed by atoms with E-state index in [1.165, 1.54) is 11.8 Å². The Morgan fingerprint density at radius 1 is 1.75 bits per heavy atom. The van der Waals surface area contributed by atoms with Gasteiger partial charge in [0.05, 0.1) is 5.75 Å². The number of hydrogen-bond donors (Lipinski definition) is 2. The first-order valence-corrected chi connectivity index (χ1v) is 4.58. The molecule has 0 saturated carbocycles. The molecule has 0 spiro atoms.